The number of amides is 1. The molecule has 1 atom stereocenters. The zero-order valence-corrected chi connectivity index (χ0v) is 21.3. The number of aromatic nitrogens is 1. The number of nitrogens with zero attached hydrogens (tertiary/aromatic N) is 1. The second-order valence-corrected chi connectivity index (χ2v) is 8.98. The number of hydrogen-bond acceptors (Lipinski definition) is 6. The maximum absolute atomic E-state index is 15.5. The van der Waals surface area contributed by atoms with Gasteiger partial charge in [0.15, 0.2) is 5.13 Å². The second-order valence-electron chi connectivity index (χ2n) is 8.02. The molecule has 196 valence electrons. The van der Waals surface area contributed by atoms with E-state index < -0.39 is 41.0 Å². The molecule has 3 aromatic rings. The van der Waals surface area contributed by atoms with Crippen LogP contribution in [0.5, 0.6) is 5.06 Å². The highest BCUT2D eigenvalue weighted by atomic mass is 32.1. The summed E-state index contributed by atoms with van der Waals surface area (Å²) in [5.41, 5.74) is -0.559. The van der Waals surface area contributed by atoms with Crippen molar-refractivity contribution in [2.45, 2.75) is 32.8 Å². The zero-order valence-electron chi connectivity index (χ0n) is 20.5. The SMILES string of the molecule is CCCC(OC)c1cccc(-c2nc(NC(=O)c3cc(F)c(C=C(C)C(=O)O)c(F)c3)sc2OC)c1F. The number of carboxylic acids is 1. The van der Waals surface area contributed by atoms with Crippen LogP contribution >= 0.6 is 11.3 Å². The lowest BCUT2D eigenvalue weighted by Crippen LogP contribution is -2.13. The lowest BCUT2D eigenvalue weighted by molar-refractivity contribution is -0.132. The average molecular weight is 535 g/mol. The Hall–Kier alpha value is -3.70. The number of carbonyl (C=O) groups excluding carboxylic acids is 1. The quantitative estimate of drug-likeness (QED) is 0.290. The molecule has 1 amide bonds. The number of aliphatic carboxylic acids is 1. The lowest BCUT2D eigenvalue weighted by atomic mass is 10.0. The van der Waals surface area contributed by atoms with Crippen LogP contribution in [0.25, 0.3) is 17.3 Å². The predicted octanol–water partition coefficient (Wildman–Crippen LogP) is 6.46. The minimum Gasteiger partial charge on any atom is -0.486 e. The highest BCUT2D eigenvalue weighted by Crippen LogP contribution is 2.40. The van der Waals surface area contributed by atoms with Crippen LogP contribution in [0.1, 0.15) is 54.3 Å². The Labute approximate surface area is 215 Å². The molecule has 2 N–H and O–H groups in total. The van der Waals surface area contributed by atoms with Gasteiger partial charge >= 0.3 is 5.97 Å². The molecule has 7 nitrogen and oxygen atoms in total. The van der Waals surface area contributed by atoms with Crippen molar-refractivity contribution < 1.29 is 37.3 Å². The van der Waals surface area contributed by atoms with E-state index in [1.165, 1.54) is 27.2 Å². The number of halogens is 3. The molecule has 0 fully saturated rings. The fourth-order valence-corrected chi connectivity index (χ4v) is 4.40. The number of carboxylic acid groups (broad SMARTS) is 1. The maximum Gasteiger partial charge on any atom is 0.331 e. The van der Waals surface area contributed by atoms with E-state index in [1.807, 2.05) is 6.92 Å². The van der Waals surface area contributed by atoms with E-state index in [-0.39, 0.29) is 32.6 Å². The number of anilines is 1. The van der Waals surface area contributed by atoms with Gasteiger partial charge in [-0.1, -0.05) is 36.8 Å². The minimum atomic E-state index is -1.33. The van der Waals surface area contributed by atoms with Crippen LogP contribution in [0.15, 0.2) is 35.9 Å². The Bertz CT molecular complexity index is 1330. The largest absolute Gasteiger partial charge is 0.486 e. The number of methoxy groups -OCH3 is 2. The van der Waals surface area contributed by atoms with Crippen molar-refractivity contribution in [3.8, 4) is 16.3 Å². The van der Waals surface area contributed by atoms with E-state index in [4.69, 9.17) is 14.6 Å². The monoisotopic (exact) mass is 534 g/mol. The number of carbonyl (C=O) groups is 2. The number of hydrogen-bond donors (Lipinski definition) is 2. The van der Waals surface area contributed by atoms with Gasteiger partial charge in [0.2, 0.25) is 5.06 Å². The van der Waals surface area contributed by atoms with Gasteiger partial charge in [-0.3, -0.25) is 10.1 Å². The van der Waals surface area contributed by atoms with Gasteiger partial charge in [-0.15, -0.1) is 0 Å². The van der Waals surface area contributed by atoms with Gasteiger partial charge in [0.25, 0.3) is 5.91 Å². The molecule has 0 spiro atoms. The summed E-state index contributed by atoms with van der Waals surface area (Å²) in [7, 11) is 2.88. The van der Waals surface area contributed by atoms with Gasteiger partial charge in [0.1, 0.15) is 23.1 Å². The molecule has 0 saturated heterocycles. The highest BCUT2D eigenvalue weighted by molar-refractivity contribution is 7.18. The normalized spacial score (nSPS) is 12.4. The molecule has 1 unspecified atom stereocenters. The minimum absolute atomic E-state index is 0.0185. The van der Waals surface area contributed by atoms with Gasteiger partial charge in [0, 0.05) is 34.9 Å². The number of benzene rings is 2. The first kappa shape index (κ1) is 27.9. The summed E-state index contributed by atoms with van der Waals surface area (Å²) in [6.07, 6.45) is 1.79. The van der Waals surface area contributed by atoms with Crippen LogP contribution in [-0.4, -0.2) is 36.2 Å². The van der Waals surface area contributed by atoms with Crippen LogP contribution in [0, 0.1) is 17.5 Å². The highest BCUT2D eigenvalue weighted by Gasteiger charge is 2.24. The molecular weight excluding hydrogens is 509 g/mol. The first-order valence-electron chi connectivity index (χ1n) is 11.2. The maximum atomic E-state index is 15.5. The van der Waals surface area contributed by atoms with E-state index in [9.17, 15) is 18.4 Å². The van der Waals surface area contributed by atoms with Crippen molar-refractivity contribution in [2.75, 3.05) is 19.5 Å². The van der Waals surface area contributed by atoms with E-state index in [0.717, 1.165) is 36.0 Å². The Balaban J connectivity index is 1.93. The number of nitrogens with one attached hydrogen (secondary N) is 1. The van der Waals surface area contributed by atoms with Crippen LogP contribution in [0.3, 0.4) is 0 Å². The Kier molecular flexibility index (Phi) is 9.06. The van der Waals surface area contributed by atoms with Crippen molar-refractivity contribution in [3.63, 3.8) is 0 Å². The van der Waals surface area contributed by atoms with Crippen molar-refractivity contribution in [1.82, 2.24) is 4.98 Å². The summed E-state index contributed by atoms with van der Waals surface area (Å²) in [5.74, 6) is -4.96. The van der Waals surface area contributed by atoms with E-state index in [0.29, 0.717) is 12.0 Å². The third-order valence-electron chi connectivity index (χ3n) is 5.51. The Morgan fingerprint density at radius 2 is 1.86 bits per heavy atom. The third kappa shape index (κ3) is 6.17. The van der Waals surface area contributed by atoms with E-state index >= 15 is 4.39 Å². The fourth-order valence-electron chi connectivity index (χ4n) is 3.61. The standard InChI is InChI=1S/C26H25F3N2O5S/c1-5-7-20(35-3)15-8-6-9-16(21(15)29)22-25(36-4)37-26(30-22)31-23(32)14-11-18(27)17(19(28)12-14)10-13(2)24(33)34/h6,8-12,20H,5,7H2,1-4H3,(H,33,34)(H,30,31,32). The molecule has 1 aromatic heterocycles. The Morgan fingerprint density at radius 1 is 1.19 bits per heavy atom. The number of ether oxygens (including phenoxy) is 2. The summed E-state index contributed by atoms with van der Waals surface area (Å²) in [4.78, 5) is 28.0. The average Bonchev–Trinajstić information content (AvgIpc) is 3.27. The predicted molar refractivity (Wildman–Crippen MR) is 134 cm³/mol. The summed E-state index contributed by atoms with van der Waals surface area (Å²) in [6.45, 7) is 3.15. The molecule has 0 saturated carbocycles. The van der Waals surface area contributed by atoms with Gasteiger partial charge in [0.05, 0.1) is 13.2 Å². The molecule has 0 aliphatic rings. The van der Waals surface area contributed by atoms with Crippen molar-refractivity contribution in [2.24, 2.45) is 0 Å². The summed E-state index contributed by atoms with van der Waals surface area (Å²) in [5, 5.41) is 11.6. The van der Waals surface area contributed by atoms with Crippen LogP contribution in [0.2, 0.25) is 0 Å². The van der Waals surface area contributed by atoms with Gasteiger partial charge < -0.3 is 14.6 Å². The zero-order chi connectivity index (χ0) is 27.3. The van der Waals surface area contributed by atoms with Gasteiger partial charge in [-0.05, 0) is 37.6 Å². The third-order valence-corrected chi connectivity index (χ3v) is 6.44. The van der Waals surface area contributed by atoms with Gasteiger partial charge in [-0.25, -0.2) is 22.9 Å². The molecule has 2 aromatic carbocycles. The smallest absolute Gasteiger partial charge is 0.331 e. The molecule has 0 aliphatic carbocycles. The topological polar surface area (TPSA) is 97.8 Å². The van der Waals surface area contributed by atoms with Crippen molar-refractivity contribution >= 4 is 34.4 Å². The summed E-state index contributed by atoms with van der Waals surface area (Å²) < 4.78 is 55.2. The molecule has 37 heavy (non-hydrogen) atoms. The van der Waals surface area contributed by atoms with Crippen LogP contribution in [0.4, 0.5) is 18.3 Å². The number of thiazole rings is 1. The van der Waals surface area contributed by atoms with Crippen LogP contribution < -0.4 is 10.1 Å². The van der Waals surface area contributed by atoms with Crippen molar-refractivity contribution in [3.05, 3.63) is 70.0 Å². The van der Waals surface area contributed by atoms with E-state index in [2.05, 4.69) is 10.3 Å². The lowest BCUT2D eigenvalue weighted by Gasteiger charge is -2.17. The molecule has 0 radical (unpaired) electrons. The summed E-state index contributed by atoms with van der Waals surface area (Å²) >= 11 is 0.914. The first-order valence-corrected chi connectivity index (χ1v) is 12.0. The first-order chi connectivity index (χ1) is 17.6. The fraction of sp³-hybridized carbons (Fsp3) is 0.269. The van der Waals surface area contributed by atoms with Crippen LogP contribution in [-0.2, 0) is 9.53 Å². The van der Waals surface area contributed by atoms with Gasteiger partial charge in [-0.2, -0.15) is 0 Å². The van der Waals surface area contributed by atoms with E-state index in [1.54, 1.807) is 12.1 Å². The molecule has 0 bridgehead atoms. The molecular formula is C26H25F3N2O5S. The second kappa shape index (κ2) is 12.0. The Morgan fingerprint density at radius 3 is 2.43 bits per heavy atom. The molecule has 1 heterocycles. The molecule has 0 aliphatic heterocycles. The van der Waals surface area contributed by atoms with Crippen molar-refractivity contribution in [1.29, 1.82) is 0 Å². The summed E-state index contributed by atoms with van der Waals surface area (Å²) in [6, 6.07) is 6.39. The number of rotatable bonds is 10. The molecule has 3 rings (SSSR count). The molecule has 11 heteroatoms.